The Kier molecular flexibility index (Phi) is 6.31. The van der Waals surface area contributed by atoms with Gasteiger partial charge in [-0.25, -0.2) is 17.8 Å². The lowest BCUT2D eigenvalue weighted by Gasteiger charge is -2.30. The molecule has 0 bridgehead atoms. The summed E-state index contributed by atoms with van der Waals surface area (Å²) in [5, 5.41) is 3.27. The number of hydrogen-bond acceptors (Lipinski definition) is 7. The number of sulfonamides is 1. The van der Waals surface area contributed by atoms with Gasteiger partial charge in [0, 0.05) is 19.0 Å². The first-order chi connectivity index (χ1) is 15.3. The fraction of sp³-hybridized carbons (Fsp3) is 0.333. The zero-order valence-corrected chi connectivity index (χ0v) is 19.1. The summed E-state index contributed by atoms with van der Waals surface area (Å²) in [6.45, 7) is 0.415. The number of nitrogens with zero attached hydrogens (tertiary/aromatic N) is 2. The molecule has 0 unspecified atom stereocenters. The molecule has 0 saturated carbocycles. The molecule has 32 heavy (non-hydrogen) atoms. The van der Waals surface area contributed by atoms with Gasteiger partial charge in [0.05, 0.1) is 19.1 Å². The summed E-state index contributed by atoms with van der Waals surface area (Å²) in [5.41, 5.74) is 0.604. The van der Waals surface area contributed by atoms with Crippen LogP contribution in [0.4, 0.5) is 9.52 Å². The topological polar surface area (TPSA) is 97.8 Å². The number of thiazole rings is 1. The highest BCUT2D eigenvalue weighted by Gasteiger charge is 2.32. The minimum atomic E-state index is -3.72. The molecule has 11 heteroatoms. The van der Waals surface area contributed by atoms with E-state index >= 15 is 0 Å². The monoisotopic (exact) mass is 479 g/mol. The van der Waals surface area contributed by atoms with Gasteiger partial charge in [-0.3, -0.25) is 4.79 Å². The zero-order valence-electron chi connectivity index (χ0n) is 17.5. The highest BCUT2D eigenvalue weighted by atomic mass is 32.2. The predicted molar refractivity (Wildman–Crippen MR) is 119 cm³/mol. The number of carbonyl (C=O) groups excluding carboxylic acids is 1. The summed E-state index contributed by atoms with van der Waals surface area (Å²) in [6, 6.07) is 8.27. The van der Waals surface area contributed by atoms with Crippen LogP contribution in [-0.4, -0.2) is 50.9 Å². The molecule has 1 aliphatic rings. The number of hydrogen-bond donors (Lipinski definition) is 1. The van der Waals surface area contributed by atoms with Gasteiger partial charge in [0.2, 0.25) is 15.9 Å². The maximum absolute atomic E-state index is 13.1. The van der Waals surface area contributed by atoms with Crippen LogP contribution in [0.1, 0.15) is 12.8 Å². The number of halogens is 1. The Morgan fingerprint density at radius 1 is 1.09 bits per heavy atom. The number of nitrogens with one attached hydrogen (secondary N) is 1. The molecule has 1 amide bonds. The van der Waals surface area contributed by atoms with E-state index in [4.69, 9.17) is 9.47 Å². The SMILES string of the molecule is COc1ccc(OC)c2sc(NC(=O)C3CCN(S(=O)(=O)c4ccc(F)cc4)CC3)nc12. The van der Waals surface area contributed by atoms with Crippen molar-refractivity contribution in [2.45, 2.75) is 17.7 Å². The molecule has 1 aliphatic heterocycles. The molecule has 1 saturated heterocycles. The molecule has 0 radical (unpaired) electrons. The third-order valence-electron chi connectivity index (χ3n) is 5.42. The number of methoxy groups -OCH3 is 2. The minimum Gasteiger partial charge on any atom is -0.495 e. The molecular formula is C21H22FN3O5S2. The van der Waals surface area contributed by atoms with E-state index < -0.39 is 15.8 Å². The van der Waals surface area contributed by atoms with Crippen molar-refractivity contribution in [3.8, 4) is 11.5 Å². The van der Waals surface area contributed by atoms with E-state index in [2.05, 4.69) is 10.3 Å². The summed E-state index contributed by atoms with van der Waals surface area (Å²) >= 11 is 1.29. The van der Waals surface area contributed by atoms with Crippen molar-refractivity contribution < 1.29 is 27.1 Å². The quantitative estimate of drug-likeness (QED) is 0.581. The molecule has 8 nitrogen and oxygen atoms in total. The highest BCUT2D eigenvalue weighted by molar-refractivity contribution is 7.89. The third kappa shape index (κ3) is 4.27. The Morgan fingerprint density at radius 2 is 1.72 bits per heavy atom. The Labute approximate surface area is 189 Å². The molecule has 1 fully saturated rings. The van der Waals surface area contributed by atoms with E-state index in [1.165, 1.54) is 27.8 Å². The van der Waals surface area contributed by atoms with Crippen LogP contribution < -0.4 is 14.8 Å². The number of rotatable bonds is 6. The maximum Gasteiger partial charge on any atom is 0.243 e. The van der Waals surface area contributed by atoms with Crippen molar-refractivity contribution in [1.82, 2.24) is 9.29 Å². The largest absolute Gasteiger partial charge is 0.495 e. The molecule has 0 atom stereocenters. The minimum absolute atomic E-state index is 0.0409. The number of fused-ring (bicyclic) bond motifs is 1. The van der Waals surface area contributed by atoms with E-state index in [1.807, 2.05) is 0 Å². The van der Waals surface area contributed by atoms with Crippen molar-refractivity contribution in [3.63, 3.8) is 0 Å². The summed E-state index contributed by atoms with van der Waals surface area (Å²) in [5.74, 6) is 0.172. The lowest BCUT2D eigenvalue weighted by atomic mass is 9.97. The van der Waals surface area contributed by atoms with Crippen LogP contribution in [0.3, 0.4) is 0 Å². The third-order valence-corrected chi connectivity index (χ3v) is 8.31. The molecular weight excluding hydrogens is 457 g/mol. The van der Waals surface area contributed by atoms with Gasteiger partial charge in [0.1, 0.15) is 27.5 Å². The summed E-state index contributed by atoms with van der Waals surface area (Å²) in [6.07, 6.45) is 0.758. The maximum atomic E-state index is 13.1. The number of piperidine rings is 1. The Morgan fingerprint density at radius 3 is 2.34 bits per heavy atom. The van der Waals surface area contributed by atoms with Crippen LogP contribution in [0.25, 0.3) is 10.2 Å². The van der Waals surface area contributed by atoms with Crippen molar-refractivity contribution in [1.29, 1.82) is 0 Å². The number of benzene rings is 2. The average molecular weight is 480 g/mol. The fourth-order valence-electron chi connectivity index (χ4n) is 3.66. The van der Waals surface area contributed by atoms with E-state index in [9.17, 15) is 17.6 Å². The second kappa shape index (κ2) is 9.00. The summed E-state index contributed by atoms with van der Waals surface area (Å²) in [4.78, 5) is 17.3. The molecule has 1 aromatic heterocycles. The molecule has 170 valence electrons. The van der Waals surface area contributed by atoms with Crippen molar-refractivity contribution in [2.24, 2.45) is 5.92 Å². The molecule has 2 heterocycles. The average Bonchev–Trinajstić information content (AvgIpc) is 3.22. The molecule has 3 aromatic rings. The lowest BCUT2D eigenvalue weighted by molar-refractivity contribution is -0.120. The van der Waals surface area contributed by atoms with Gasteiger partial charge in [-0.1, -0.05) is 11.3 Å². The van der Waals surface area contributed by atoms with Crippen molar-refractivity contribution in [2.75, 3.05) is 32.6 Å². The summed E-state index contributed by atoms with van der Waals surface area (Å²) < 4.78 is 51.4. The van der Waals surface area contributed by atoms with Crippen LogP contribution >= 0.6 is 11.3 Å². The first-order valence-electron chi connectivity index (χ1n) is 9.91. The standard InChI is InChI=1S/C21H22FN3O5S2/c1-29-16-7-8-17(30-2)19-18(16)23-21(31-19)24-20(26)13-9-11-25(12-10-13)32(27,28)15-5-3-14(22)4-6-15/h3-8,13H,9-12H2,1-2H3,(H,23,24,26). The van der Waals surface area contributed by atoms with Crippen molar-refractivity contribution in [3.05, 3.63) is 42.2 Å². The Hall–Kier alpha value is -2.76. The van der Waals surface area contributed by atoms with Gasteiger partial charge in [-0.15, -0.1) is 0 Å². The second-order valence-electron chi connectivity index (χ2n) is 7.29. The predicted octanol–water partition coefficient (Wildman–Crippen LogP) is 3.49. The lowest BCUT2D eigenvalue weighted by Crippen LogP contribution is -2.41. The molecule has 1 N–H and O–H groups in total. The fourth-order valence-corrected chi connectivity index (χ4v) is 6.11. The van der Waals surface area contributed by atoms with Gasteiger partial charge in [-0.05, 0) is 49.2 Å². The normalized spacial score (nSPS) is 15.6. The van der Waals surface area contributed by atoms with Crippen LogP contribution in [0.5, 0.6) is 11.5 Å². The molecule has 2 aromatic carbocycles. The number of anilines is 1. The number of amides is 1. The molecule has 4 rings (SSSR count). The molecule has 0 spiro atoms. The van der Waals surface area contributed by atoms with E-state index in [-0.39, 0.29) is 29.8 Å². The number of ether oxygens (including phenoxy) is 2. The summed E-state index contributed by atoms with van der Waals surface area (Å²) in [7, 11) is -0.612. The van der Waals surface area contributed by atoms with E-state index in [1.54, 1.807) is 26.4 Å². The van der Waals surface area contributed by atoms with Crippen LogP contribution in [0.2, 0.25) is 0 Å². The van der Waals surface area contributed by atoms with Crippen LogP contribution in [0.15, 0.2) is 41.3 Å². The molecule has 0 aliphatic carbocycles. The van der Waals surface area contributed by atoms with Gasteiger partial charge in [0.25, 0.3) is 0 Å². The van der Waals surface area contributed by atoms with Crippen LogP contribution in [0, 0.1) is 11.7 Å². The van der Waals surface area contributed by atoms with Gasteiger partial charge < -0.3 is 14.8 Å². The first kappa shape index (κ1) is 22.4. The highest BCUT2D eigenvalue weighted by Crippen LogP contribution is 2.39. The smallest absolute Gasteiger partial charge is 0.243 e. The van der Waals surface area contributed by atoms with Crippen molar-refractivity contribution >= 4 is 42.6 Å². The Bertz CT molecular complexity index is 1200. The van der Waals surface area contributed by atoms with Gasteiger partial charge >= 0.3 is 0 Å². The van der Waals surface area contributed by atoms with Gasteiger partial charge in [0.15, 0.2) is 5.13 Å². The second-order valence-corrected chi connectivity index (χ2v) is 10.2. The number of carbonyl (C=O) groups is 1. The first-order valence-corrected chi connectivity index (χ1v) is 12.2. The van der Waals surface area contributed by atoms with Gasteiger partial charge in [-0.2, -0.15) is 4.31 Å². The van der Waals surface area contributed by atoms with E-state index in [0.29, 0.717) is 35.0 Å². The van der Waals surface area contributed by atoms with E-state index in [0.717, 1.165) is 16.8 Å². The number of aromatic nitrogens is 1. The Balaban J connectivity index is 1.43. The van der Waals surface area contributed by atoms with Crippen LogP contribution in [-0.2, 0) is 14.8 Å². The zero-order chi connectivity index (χ0) is 22.9.